The summed E-state index contributed by atoms with van der Waals surface area (Å²) in [7, 11) is 0. The van der Waals surface area contributed by atoms with Gasteiger partial charge in [-0.2, -0.15) is 0 Å². The number of aryl methyl sites for hydroxylation is 1. The minimum Gasteiger partial charge on any atom is -0.478 e. The Morgan fingerprint density at radius 2 is 2.08 bits per heavy atom. The quantitative estimate of drug-likeness (QED) is 0.928. The van der Waals surface area contributed by atoms with E-state index in [1.807, 2.05) is 24.0 Å². The molecule has 1 aromatic carbocycles. The van der Waals surface area contributed by atoms with Crippen LogP contribution in [0.5, 0.6) is 0 Å². The molecule has 2 aromatic rings. The van der Waals surface area contributed by atoms with E-state index in [-0.39, 0.29) is 11.8 Å². The Balaban J connectivity index is 1.77. The third-order valence-electron chi connectivity index (χ3n) is 4.74. The van der Waals surface area contributed by atoms with Gasteiger partial charge in [-0.1, -0.05) is 19.1 Å². The molecule has 0 aliphatic carbocycles. The van der Waals surface area contributed by atoms with Crippen LogP contribution in [0.2, 0.25) is 0 Å². The summed E-state index contributed by atoms with van der Waals surface area (Å²) in [4.78, 5) is 30.1. The average Bonchev–Trinajstić information content (AvgIpc) is 2.67. The number of pyridine rings is 1. The van der Waals surface area contributed by atoms with Crippen molar-refractivity contribution in [2.45, 2.75) is 32.1 Å². The number of nitrogens with zero attached hydrogens (tertiary/aromatic N) is 2. The highest BCUT2D eigenvalue weighted by molar-refractivity contribution is 5.94. The van der Waals surface area contributed by atoms with Crippen molar-refractivity contribution in [3.63, 3.8) is 0 Å². The van der Waals surface area contributed by atoms with Gasteiger partial charge in [-0.05, 0) is 49.1 Å². The van der Waals surface area contributed by atoms with Crippen LogP contribution in [-0.4, -0.2) is 40.0 Å². The molecule has 130 valence electrons. The van der Waals surface area contributed by atoms with E-state index in [1.165, 1.54) is 0 Å². The number of hydrogen-bond acceptors (Lipinski definition) is 3. The van der Waals surface area contributed by atoms with E-state index in [4.69, 9.17) is 0 Å². The first-order chi connectivity index (χ1) is 12.1. The molecule has 3 rings (SSSR count). The molecule has 1 saturated heterocycles. The third kappa shape index (κ3) is 3.87. The average molecular weight is 338 g/mol. The summed E-state index contributed by atoms with van der Waals surface area (Å²) in [6.45, 7) is 3.37. The SMILES string of the molecule is CCc1cc(C(=O)N2CCC[C@H](c3cccc(C(=O)O)c3)C2)ccn1. The fourth-order valence-electron chi connectivity index (χ4n) is 3.35. The maximum atomic E-state index is 12.8. The van der Waals surface area contributed by atoms with Crippen molar-refractivity contribution in [3.05, 3.63) is 65.0 Å². The molecule has 1 aromatic heterocycles. The summed E-state index contributed by atoms with van der Waals surface area (Å²) >= 11 is 0. The number of aromatic carboxylic acids is 1. The smallest absolute Gasteiger partial charge is 0.335 e. The second-order valence-electron chi connectivity index (χ2n) is 6.41. The lowest BCUT2D eigenvalue weighted by atomic mass is 9.89. The van der Waals surface area contributed by atoms with Gasteiger partial charge in [0.2, 0.25) is 0 Å². The zero-order valence-corrected chi connectivity index (χ0v) is 14.3. The topological polar surface area (TPSA) is 70.5 Å². The highest BCUT2D eigenvalue weighted by atomic mass is 16.4. The first-order valence-electron chi connectivity index (χ1n) is 8.66. The number of benzene rings is 1. The Bertz CT molecular complexity index is 788. The van der Waals surface area contributed by atoms with Crippen molar-refractivity contribution >= 4 is 11.9 Å². The molecule has 0 spiro atoms. The van der Waals surface area contributed by atoms with E-state index in [0.717, 1.165) is 37.1 Å². The number of carbonyl (C=O) groups is 2. The van der Waals surface area contributed by atoms with E-state index in [0.29, 0.717) is 17.7 Å². The maximum Gasteiger partial charge on any atom is 0.335 e. The number of carboxylic acids is 1. The van der Waals surface area contributed by atoms with E-state index in [2.05, 4.69) is 4.98 Å². The Kier molecular flexibility index (Phi) is 5.12. The van der Waals surface area contributed by atoms with Crippen molar-refractivity contribution in [3.8, 4) is 0 Å². The second kappa shape index (κ2) is 7.47. The van der Waals surface area contributed by atoms with Crippen molar-refractivity contribution < 1.29 is 14.7 Å². The molecule has 1 atom stereocenters. The number of rotatable bonds is 4. The van der Waals surface area contributed by atoms with Crippen LogP contribution in [0.4, 0.5) is 0 Å². The molecular weight excluding hydrogens is 316 g/mol. The van der Waals surface area contributed by atoms with E-state index >= 15 is 0 Å². The van der Waals surface area contributed by atoms with Gasteiger partial charge in [-0.3, -0.25) is 9.78 Å². The molecule has 5 nitrogen and oxygen atoms in total. The van der Waals surface area contributed by atoms with Crippen molar-refractivity contribution in [1.29, 1.82) is 0 Å². The zero-order valence-electron chi connectivity index (χ0n) is 14.3. The number of aromatic nitrogens is 1. The molecule has 1 amide bonds. The molecule has 25 heavy (non-hydrogen) atoms. The van der Waals surface area contributed by atoms with Gasteiger partial charge in [0.25, 0.3) is 5.91 Å². The van der Waals surface area contributed by atoms with Gasteiger partial charge in [0.15, 0.2) is 0 Å². The highest BCUT2D eigenvalue weighted by Crippen LogP contribution is 2.28. The van der Waals surface area contributed by atoms with Crippen LogP contribution in [0.1, 0.15) is 57.7 Å². The third-order valence-corrected chi connectivity index (χ3v) is 4.74. The van der Waals surface area contributed by atoms with Crippen LogP contribution in [-0.2, 0) is 6.42 Å². The van der Waals surface area contributed by atoms with E-state index in [9.17, 15) is 14.7 Å². The molecule has 0 saturated carbocycles. The summed E-state index contributed by atoms with van der Waals surface area (Å²) in [6.07, 6.45) is 4.36. The standard InChI is InChI=1S/C20H22N2O3/c1-2-18-12-15(8-9-21-18)19(23)22-10-4-7-17(13-22)14-5-3-6-16(11-14)20(24)25/h3,5-6,8-9,11-12,17H,2,4,7,10,13H2,1H3,(H,24,25)/t17-/m0/s1. The van der Waals surface area contributed by atoms with Crippen LogP contribution in [0.25, 0.3) is 0 Å². The Hall–Kier alpha value is -2.69. The molecular formula is C20H22N2O3. The Labute approximate surface area is 147 Å². The van der Waals surface area contributed by atoms with Crippen LogP contribution < -0.4 is 0 Å². The van der Waals surface area contributed by atoms with Gasteiger partial charge in [0.1, 0.15) is 0 Å². The first kappa shape index (κ1) is 17.1. The molecule has 0 unspecified atom stereocenters. The monoisotopic (exact) mass is 338 g/mol. The Morgan fingerprint density at radius 1 is 1.24 bits per heavy atom. The molecule has 0 bridgehead atoms. The molecule has 1 aliphatic rings. The van der Waals surface area contributed by atoms with Gasteiger partial charge < -0.3 is 10.0 Å². The van der Waals surface area contributed by atoms with Crippen molar-refractivity contribution in [1.82, 2.24) is 9.88 Å². The van der Waals surface area contributed by atoms with Gasteiger partial charge in [-0.15, -0.1) is 0 Å². The van der Waals surface area contributed by atoms with E-state index in [1.54, 1.807) is 30.5 Å². The van der Waals surface area contributed by atoms with Crippen LogP contribution in [0.3, 0.4) is 0 Å². The number of carbonyl (C=O) groups excluding carboxylic acids is 1. The van der Waals surface area contributed by atoms with Gasteiger partial charge in [0.05, 0.1) is 5.56 Å². The van der Waals surface area contributed by atoms with Gasteiger partial charge in [0, 0.05) is 36.5 Å². The predicted molar refractivity (Wildman–Crippen MR) is 94.9 cm³/mol. The number of amides is 1. The Morgan fingerprint density at radius 3 is 2.84 bits per heavy atom. The largest absolute Gasteiger partial charge is 0.478 e. The first-order valence-corrected chi connectivity index (χ1v) is 8.66. The summed E-state index contributed by atoms with van der Waals surface area (Å²) in [5, 5.41) is 9.18. The van der Waals surface area contributed by atoms with Gasteiger partial charge in [-0.25, -0.2) is 4.79 Å². The minimum absolute atomic E-state index is 0.0242. The van der Waals surface area contributed by atoms with Crippen LogP contribution in [0.15, 0.2) is 42.6 Å². The van der Waals surface area contributed by atoms with Gasteiger partial charge >= 0.3 is 5.97 Å². The summed E-state index contributed by atoms with van der Waals surface area (Å²) in [5.74, 6) is -0.727. The van der Waals surface area contributed by atoms with Crippen LogP contribution >= 0.6 is 0 Å². The predicted octanol–water partition coefficient (Wildman–Crippen LogP) is 3.36. The number of likely N-dealkylation sites (tertiary alicyclic amines) is 1. The minimum atomic E-state index is -0.922. The fraction of sp³-hybridized carbons (Fsp3) is 0.350. The number of carboxylic acid groups (broad SMARTS) is 1. The summed E-state index contributed by atoms with van der Waals surface area (Å²) in [5.41, 5.74) is 2.87. The normalized spacial score (nSPS) is 17.3. The molecule has 1 fully saturated rings. The van der Waals surface area contributed by atoms with Crippen molar-refractivity contribution in [2.24, 2.45) is 0 Å². The molecule has 0 radical (unpaired) electrons. The number of piperidine rings is 1. The zero-order chi connectivity index (χ0) is 17.8. The fourth-order valence-corrected chi connectivity index (χ4v) is 3.35. The number of hydrogen-bond donors (Lipinski definition) is 1. The van der Waals surface area contributed by atoms with Crippen LogP contribution in [0, 0.1) is 0 Å². The lowest BCUT2D eigenvalue weighted by Gasteiger charge is -2.33. The lowest BCUT2D eigenvalue weighted by Crippen LogP contribution is -2.39. The summed E-state index contributed by atoms with van der Waals surface area (Å²) < 4.78 is 0. The second-order valence-corrected chi connectivity index (χ2v) is 6.41. The summed E-state index contributed by atoms with van der Waals surface area (Å²) in [6, 6.07) is 10.7. The highest BCUT2D eigenvalue weighted by Gasteiger charge is 2.26. The van der Waals surface area contributed by atoms with Crippen molar-refractivity contribution in [2.75, 3.05) is 13.1 Å². The lowest BCUT2D eigenvalue weighted by molar-refractivity contribution is 0.0687. The maximum absolute atomic E-state index is 12.8. The molecule has 2 heterocycles. The molecule has 1 N–H and O–H groups in total. The molecule has 5 heteroatoms. The molecule has 1 aliphatic heterocycles. The van der Waals surface area contributed by atoms with E-state index < -0.39 is 5.97 Å².